The monoisotopic (exact) mass is 395 g/mol. The minimum Gasteiger partial charge on any atom is -0.359 e. The van der Waals surface area contributed by atoms with E-state index in [4.69, 9.17) is 16.1 Å². The largest absolute Gasteiger partial charge is 0.359 e. The molecule has 26 heavy (non-hydrogen) atoms. The number of aromatic nitrogens is 1. The zero-order valence-electron chi connectivity index (χ0n) is 14.2. The van der Waals surface area contributed by atoms with Gasteiger partial charge in [-0.15, -0.1) is 0 Å². The predicted octanol–water partition coefficient (Wildman–Crippen LogP) is 3.05. The van der Waals surface area contributed by atoms with Crippen molar-refractivity contribution in [3.8, 4) is 0 Å². The van der Waals surface area contributed by atoms with Crippen LogP contribution in [-0.2, 0) is 21.2 Å². The standard InChI is InChI=1S/C17H18ClN3O4S/c1-10-7-15(25-20-10)14-3-2-6-21(14)26(23,24)16-9-13-11(8-12(16)18)4-5-17(22)19-13/h7-9,14H,2-6H2,1H3,(H,19,22). The van der Waals surface area contributed by atoms with Crippen LogP contribution in [0.4, 0.5) is 5.69 Å². The first-order valence-corrected chi connectivity index (χ1v) is 10.3. The third kappa shape index (κ3) is 2.91. The van der Waals surface area contributed by atoms with Crippen molar-refractivity contribution in [1.82, 2.24) is 9.46 Å². The highest BCUT2D eigenvalue weighted by Crippen LogP contribution is 2.40. The van der Waals surface area contributed by atoms with Crippen LogP contribution in [0, 0.1) is 6.92 Å². The SMILES string of the molecule is Cc1cc(C2CCCN2S(=O)(=O)c2cc3c(cc2Cl)CCC(=O)N3)on1. The zero-order chi connectivity index (χ0) is 18.5. The van der Waals surface area contributed by atoms with Gasteiger partial charge in [-0.3, -0.25) is 4.79 Å². The van der Waals surface area contributed by atoms with Gasteiger partial charge in [-0.2, -0.15) is 4.31 Å². The van der Waals surface area contributed by atoms with Gasteiger partial charge in [0.1, 0.15) is 4.90 Å². The number of sulfonamides is 1. The molecule has 2 aliphatic heterocycles. The van der Waals surface area contributed by atoms with Crippen molar-refractivity contribution < 1.29 is 17.7 Å². The minimum absolute atomic E-state index is 0.00301. The Labute approximate surface area is 156 Å². The van der Waals surface area contributed by atoms with E-state index in [2.05, 4.69) is 10.5 Å². The van der Waals surface area contributed by atoms with E-state index in [1.54, 1.807) is 19.1 Å². The lowest BCUT2D eigenvalue weighted by Gasteiger charge is -2.24. The molecule has 0 bridgehead atoms. The molecular weight excluding hydrogens is 378 g/mol. The highest BCUT2D eigenvalue weighted by Gasteiger charge is 2.39. The molecule has 1 aromatic heterocycles. The molecule has 138 valence electrons. The number of amides is 1. The van der Waals surface area contributed by atoms with Crippen LogP contribution in [0.3, 0.4) is 0 Å². The summed E-state index contributed by atoms with van der Waals surface area (Å²) in [5, 5.41) is 6.76. The molecule has 1 fully saturated rings. The molecule has 1 saturated heterocycles. The summed E-state index contributed by atoms with van der Waals surface area (Å²) in [6.07, 6.45) is 2.30. The van der Waals surface area contributed by atoms with Crippen LogP contribution in [0.15, 0.2) is 27.6 Å². The Hall–Kier alpha value is -1.90. The molecular formula is C17H18ClN3O4S. The van der Waals surface area contributed by atoms with E-state index in [-0.39, 0.29) is 15.8 Å². The van der Waals surface area contributed by atoms with E-state index in [0.717, 1.165) is 12.0 Å². The first-order valence-electron chi connectivity index (χ1n) is 8.43. The van der Waals surface area contributed by atoms with E-state index in [9.17, 15) is 13.2 Å². The van der Waals surface area contributed by atoms with Gasteiger partial charge in [-0.05, 0) is 43.9 Å². The third-order valence-corrected chi connectivity index (χ3v) is 7.19. The van der Waals surface area contributed by atoms with Crippen LogP contribution in [0.25, 0.3) is 0 Å². The van der Waals surface area contributed by atoms with Crippen molar-refractivity contribution in [3.63, 3.8) is 0 Å². The Morgan fingerprint density at radius 1 is 1.31 bits per heavy atom. The maximum atomic E-state index is 13.3. The summed E-state index contributed by atoms with van der Waals surface area (Å²) >= 11 is 6.30. The number of carbonyl (C=O) groups excluding carboxylic acids is 1. The summed E-state index contributed by atoms with van der Waals surface area (Å²) in [4.78, 5) is 11.6. The second-order valence-electron chi connectivity index (χ2n) is 6.63. The molecule has 0 spiro atoms. The van der Waals surface area contributed by atoms with Crippen LogP contribution in [0.2, 0.25) is 5.02 Å². The number of aryl methyl sites for hydroxylation is 2. The van der Waals surface area contributed by atoms with E-state index in [1.165, 1.54) is 10.4 Å². The fourth-order valence-corrected chi connectivity index (χ4v) is 5.77. The van der Waals surface area contributed by atoms with Crippen LogP contribution >= 0.6 is 11.6 Å². The molecule has 7 nitrogen and oxygen atoms in total. The molecule has 9 heteroatoms. The fraction of sp³-hybridized carbons (Fsp3) is 0.412. The first kappa shape index (κ1) is 17.5. The molecule has 1 atom stereocenters. The average molecular weight is 396 g/mol. The molecule has 0 saturated carbocycles. The molecule has 0 aliphatic carbocycles. The number of hydrogen-bond donors (Lipinski definition) is 1. The number of nitrogens with one attached hydrogen (secondary N) is 1. The van der Waals surface area contributed by atoms with Crippen molar-refractivity contribution in [2.75, 3.05) is 11.9 Å². The third-order valence-electron chi connectivity index (χ3n) is 4.82. The van der Waals surface area contributed by atoms with Crippen LogP contribution < -0.4 is 5.32 Å². The summed E-state index contributed by atoms with van der Waals surface area (Å²) in [5.74, 6) is 0.408. The summed E-state index contributed by atoms with van der Waals surface area (Å²) < 4.78 is 33.3. The number of benzene rings is 1. The second-order valence-corrected chi connectivity index (χ2v) is 8.90. The van der Waals surface area contributed by atoms with Crippen molar-refractivity contribution in [2.24, 2.45) is 0 Å². The fourth-order valence-electron chi connectivity index (χ4n) is 3.56. The number of rotatable bonds is 3. The van der Waals surface area contributed by atoms with Gasteiger partial charge in [0.15, 0.2) is 5.76 Å². The second kappa shape index (κ2) is 6.37. The van der Waals surface area contributed by atoms with Crippen molar-refractivity contribution >= 4 is 33.2 Å². The van der Waals surface area contributed by atoms with Gasteiger partial charge < -0.3 is 9.84 Å². The lowest BCUT2D eigenvalue weighted by molar-refractivity contribution is -0.116. The topological polar surface area (TPSA) is 92.5 Å². The molecule has 2 aliphatic rings. The Morgan fingerprint density at radius 3 is 2.85 bits per heavy atom. The average Bonchev–Trinajstić information content (AvgIpc) is 3.23. The normalized spacial score (nSPS) is 20.8. The molecule has 3 heterocycles. The number of anilines is 1. The van der Waals surface area contributed by atoms with Gasteiger partial charge in [0.2, 0.25) is 15.9 Å². The smallest absolute Gasteiger partial charge is 0.245 e. The quantitative estimate of drug-likeness (QED) is 0.862. The molecule has 1 unspecified atom stereocenters. The summed E-state index contributed by atoms with van der Waals surface area (Å²) in [6, 6.07) is 4.45. The summed E-state index contributed by atoms with van der Waals surface area (Å²) in [5.41, 5.74) is 2.06. The van der Waals surface area contributed by atoms with Crippen LogP contribution in [0.1, 0.15) is 42.3 Å². The van der Waals surface area contributed by atoms with Crippen molar-refractivity contribution in [1.29, 1.82) is 0 Å². The summed E-state index contributed by atoms with van der Waals surface area (Å²) in [6.45, 7) is 2.18. The minimum atomic E-state index is -3.85. The number of carbonyl (C=O) groups is 1. The maximum absolute atomic E-state index is 13.3. The first-order chi connectivity index (χ1) is 12.4. The maximum Gasteiger partial charge on any atom is 0.245 e. The Bertz CT molecular complexity index is 986. The lowest BCUT2D eigenvalue weighted by Crippen LogP contribution is -2.31. The van der Waals surface area contributed by atoms with E-state index in [0.29, 0.717) is 42.9 Å². The molecule has 4 rings (SSSR count). The van der Waals surface area contributed by atoms with Gasteiger partial charge in [0, 0.05) is 24.7 Å². The van der Waals surface area contributed by atoms with Crippen LogP contribution in [-0.4, -0.2) is 30.3 Å². The Balaban J connectivity index is 1.74. The van der Waals surface area contributed by atoms with Gasteiger partial charge in [0.25, 0.3) is 0 Å². The highest BCUT2D eigenvalue weighted by molar-refractivity contribution is 7.89. The van der Waals surface area contributed by atoms with Gasteiger partial charge in [0.05, 0.1) is 16.8 Å². The van der Waals surface area contributed by atoms with Crippen molar-refractivity contribution in [2.45, 2.75) is 43.5 Å². The van der Waals surface area contributed by atoms with Gasteiger partial charge in [-0.1, -0.05) is 16.8 Å². The van der Waals surface area contributed by atoms with Crippen LogP contribution in [0.5, 0.6) is 0 Å². The highest BCUT2D eigenvalue weighted by atomic mass is 35.5. The van der Waals surface area contributed by atoms with E-state index >= 15 is 0 Å². The molecule has 1 aromatic carbocycles. The number of hydrogen-bond acceptors (Lipinski definition) is 5. The lowest BCUT2D eigenvalue weighted by atomic mass is 10.0. The number of halogens is 1. The van der Waals surface area contributed by atoms with Gasteiger partial charge in [-0.25, -0.2) is 8.42 Å². The number of fused-ring (bicyclic) bond motifs is 1. The Kier molecular flexibility index (Phi) is 4.29. The molecule has 0 radical (unpaired) electrons. The Morgan fingerprint density at radius 2 is 2.12 bits per heavy atom. The number of nitrogens with zero attached hydrogens (tertiary/aromatic N) is 2. The van der Waals surface area contributed by atoms with E-state index < -0.39 is 16.1 Å². The van der Waals surface area contributed by atoms with E-state index in [1.807, 2.05) is 0 Å². The molecule has 2 aromatic rings. The predicted molar refractivity (Wildman–Crippen MR) is 95.5 cm³/mol. The summed E-state index contributed by atoms with van der Waals surface area (Å²) in [7, 11) is -3.85. The molecule has 1 N–H and O–H groups in total. The van der Waals surface area contributed by atoms with Crippen molar-refractivity contribution in [3.05, 3.63) is 40.2 Å². The molecule has 1 amide bonds. The zero-order valence-corrected chi connectivity index (χ0v) is 15.7. The van der Waals surface area contributed by atoms with Gasteiger partial charge >= 0.3 is 0 Å².